The summed E-state index contributed by atoms with van der Waals surface area (Å²) in [7, 11) is 1.63. The second-order valence-electron chi connectivity index (χ2n) is 4.22. The summed E-state index contributed by atoms with van der Waals surface area (Å²) in [5.41, 5.74) is 2.48. The summed E-state index contributed by atoms with van der Waals surface area (Å²) in [5.74, 6) is 0.709. The Morgan fingerprint density at radius 2 is 2.00 bits per heavy atom. The van der Waals surface area contributed by atoms with Crippen molar-refractivity contribution in [1.29, 1.82) is 0 Å². The number of ether oxygens (including phenoxy) is 1. The van der Waals surface area contributed by atoms with Crippen LogP contribution in [0.2, 0.25) is 0 Å². The van der Waals surface area contributed by atoms with Gasteiger partial charge in [0.15, 0.2) is 0 Å². The van der Waals surface area contributed by atoms with Gasteiger partial charge < -0.3 is 10.1 Å². The molecular formula is C15H16N2O2. The second-order valence-corrected chi connectivity index (χ2v) is 4.22. The molecule has 0 aliphatic heterocycles. The summed E-state index contributed by atoms with van der Waals surface area (Å²) in [6.45, 7) is 2.35. The van der Waals surface area contributed by atoms with E-state index in [2.05, 4.69) is 10.3 Å². The van der Waals surface area contributed by atoms with Gasteiger partial charge in [0.1, 0.15) is 5.75 Å². The van der Waals surface area contributed by atoms with E-state index in [9.17, 15) is 4.79 Å². The summed E-state index contributed by atoms with van der Waals surface area (Å²) < 4.78 is 5.08. The van der Waals surface area contributed by atoms with Crippen LogP contribution in [-0.2, 0) is 6.54 Å². The van der Waals surface area contributed by atoms with Crippen LogP contribution in [0.3, 0.4) is 0 Å². The van der Waals surface area contributed by atoms with E-state index in [0.717, 1.165) is 17.0 Å². The predicted octanol–water partition coefficient (Wildman–Crippen LogP) is 2.33. The fraction of sp³-hybridized carbons (Fsp3) is 0.200. The lowest BCUT2D eigenvalue weighted by Crippen LogP contribution is -2.22. The van der Waals surface area contributed by atoms with Crippen LogP contribution in [0.5, 0.6) is 5.75 Å². The highest BCUT2D eigenvalue weighted by Gasteiger charge is 2.05. The second kappa shape index (κ2) is 6.00. The summed E-state index contributed by atoms with van der Waals surface area (Å²) >= 11 is 0. The third-order valence-corrected chi connectivity index (χ3v) is 2.77. The summed E-state index contributed by atoms with van der Waals surface area (Å²) in [4.78, 5) is 16.0. The van der Waals surface area contributed by atoms with Crippen LogP contribution in [0.25, 0.3) is 0 Å². The number of nitrogens with one attached hydrogen (secondary N) is 1. The Morgan fingerprint density at radius 3 is 2.63 bits per heavy atom. The average molecular weight is 256 g/mol. The Labute approximate surface area is 112 Å². The van der Waals surface area contributed by atoms with Crippen LogP contribution < -0.4 is 10.1 Å². The maximum Gasteiger partial charge on any atom is 0.251 e. The molecule has 98 valence electrons. The Bertz CT molecular complexity index is 565. The van der Waals surface area contributed by atoms with Crippen LogP contribution in [0.4, 0.5) is 0 Å². The number of aromatic nitrogens is 1. The maximum atomic E-state index is 11.9. The largest absolute Gasteiger partial charge is 0.497 e. The molecule has 2 aromatic rings. The van der Waals surface area contributed by atoms with Gasteiger partial charge in [-0.25, -0.2) is 0 Å². The van der Waals surface area contributed by atoms with Crippen LogP contribution in [-0.4, -0.2) is 18.0 Å². The highest BCUT2D eigenvalue weighted by Crippen LogP contribution is 2.11. The normalized spacial score (nSPS) is 10.0. The van der Waals surface area contributed by atoms with Gasteiger partial charge >= 0.3 is 0 Å². The van der Waals surface area contributed by atoms with Gasteiger partial charge in [-0.3, -0.25) is 9.78 Å². The lowest BCUT2D eigenvalue weighted by Gasteiger charge is -2.06. The van der Waals surface area contributed by atoms with E-state index in [0.29, 0.717) is 12.1 Å². The smallest absolute Gasteiger partial charge is 0.251 e. The molecular weight excluding hydrogens is 240 g/mol. The molecule has 0 aliphatic rings. The van der Waals surface area contributed by atoms with Crippen molar-refractivity contribution in [3.63, 3.8) is 0 Å². The van der Waals surface area contributed by atoms with E-state index >= 15 is 0 Å². The van der Waals surface area contributed by atoms with Crippen LogP contribution >= 0.6 is 0 Å². The fourth-order valence-electron chi connectivity index (χ4n) is 1.71. The first-order valence-electron chi connectivity index (χ1n) is 6.03. The third kappa shape index (κ3) is 3.55. The van der Waals surface area contributed by atoms with Gasteiger partial charge in [0, 0.05) is 24.0 Å². The predicted molar refractivity (Wildman–Crippen MR) is 73.1 cm³/mol. The van der Waals surface area contributed by atoms with E-state index in [4.69, 9.17) is 4.74 Å². The lowest BCUT2D eigenvalue weighted by atomic mass is 10.2. The maximum absolute atomic E-state index is 11.9. The molecule has 0 saturated carbocycles. The van der Waals surface area contributed by atoms with E-state index in [1.165, 1.54) is 0 Å². The molecule has 1 N–H and O–H groups in total. The van der Waals surface area contributed by atoms with Crippen LogP contribution in [0, 0.1) is 6.92 Å². The number of benzene rings is 1. The molecule has 1 aromatic heterocycles. The lowest BCUT2D eigenvalue weighted by molar-refractivity contribution is 0.0950. The third-order valence-electron chi connectivity index (χ3n) is 2.77. The number of hydrogen-bond acceptors (Lipinski definition) is 3. The fourth-order valence-corrected chi connectivity index (χ4v) is 1.71. The number of methoxy groups -OCH3 is 1. The Hall–Kier alpha value is -2.36. The molecule has 0 atom stereocenters. The number of amides is 1. The molecule has 0 fully saturated rings. The van der Waals surface area contributed by atoms with Crippen LogP contribution in [0.1, 0.15) is 21.6 Å². The standard InChI is InChI=1S/C15H16N2O2/c1-11-9-13(7-8-16-11)15(18)17-10-12-3-5-14(19-2)6-4-12/h3-9H,10H2,1-2H3,(H,17,18). The highest BCUT2D eigenvalue weighted by molar-refractivity contribution is 5.94. The minimum atomic E-state index is -0.0960. The molecule has 0 unspecified atom stereocenters. The summed E-state index contributed by atoms with van der Waals surface area (Å²) in [6, 6.07) is 11.1. The molecule has 0 aliphatic carbocycles. The zero-order chi connectivity index (χ0) is 13.7. The first-order valence-corrected chi connectivity index (χ1v) is 6.03. The number of hydrogen-bond donors (Lipinski definition) is 1. The van der Waals surface area contributed by atoms with E-state index < -0.39 is 0 Å². The minimum Gasteiger partial charge on any atom is -0.497 e. The van der Waals surface area contributed by atoms with Crippen molar-refractivity contribution in [3.05, 3.63) is 59.4 Å². The van der Waals surface area contributed by atoms with Crippen molar-refractivity contribution >= 4 is 5.91 Å². The molecule has 1 heterocycles. The molecule has 1 amide bonds. The monoisotopic (exact) mass is 256 g/mol. The molecule has 0 bridgehead atoms. The van der Waals surface area contributed by atoms with Gasteiger partial charge in [0.05, 0.1) is 7.11 Å². The van der Waals surface area contributed by atoms with Gasteiger partial charge in [-0.2, -0.15) is 0 Å². The number of pyridine rings is 1. The first kappa shape index (κ1) is 13.1. The SMILES string of the molecule is COc1ccc(CNC(=O)c2ccnc(C)c2)cc1. The van der Waals surface area contributed by atoms with E-state index in [-0.39, 0.29) is 5.91 Å². The van der Waals surface area contributed by atoms with Crippen LogP contribution in [0.15, 0.2) is 42.6 Å². The Balaban J connectivity index is 1.96. The summed E-state index contributed by atoms with van der Waals surface area (Å²) in [6.07, 6.45) is 1.64. The average Bonchev–Trinajstić information content (AvgIpc) is 2.45. The number of aryl methyl sites for hydroxylation is 1. The Morgan fingerprint density at radius 1 is 1.26 bits per heavy atom. The zero-order valence-corrected chi connectivity index (χ0v) is 11.0. The number of nitrogens with zero attached hydrogens (tertiary/aromatic N) is 1. The van der Waals surface area contributed by atoms with Gasteiger partial charge in [-0.15, -0.1) is 0 Å². The first-order chi connectivity index (χ1) is 9.19. The highest BCUT2D eigenvalue weighted by atomic mass is 16.5. The molecule has 0 spiro atoms. The van der Waals surface area contributed by atoms with Crippen molar-refractivity contribution in [1.82, 2.24) is 10.3 Å². The molecule has 0 saturated heterocycles. The molecule has 4 nitrogen and oxygen atoms in total. The quantitative estimate of drug-likeness (QED) is 0.913. The Kier molecular flexibility index (Phi) is 4.13. The molecule has 4 heteroatoms. The molecule has 0 radical (unpaired) electrons. The van der Waals surface area contributed by atoms with Crippen molar-refractivity contribution in [2.24, 2.45) is 0 Å². The molecule has 2 rings (SSSR count). The number of carbonyl (C=O) groups is 1. The molecule has 1 aromatic carbocycles. The topological polar surface area (TPSA) is 51.2 Å². The van der Waals surface area contributed by atoms with Crippen molar-refractivity contribution in [3.8, 4) is 5.75 Å². The summed E-state index contributed by atoms with van der Waals surface area (Å²) in [5, 5.41) is 2.87. The van der Waals surface area contributed by atoms with Gasteiger partial charge in [-0.1, -0.05) is 12.1 Å². The van der Waals surface area contributed by atoms with Crippen molar-refractivity contribution in [2.45, 2.75) is 13.5 Å². The number of rotatable bonds is 4. The number of carbonyl (C=O) groups excluding carboxylic acids is 1. The van der Waals surface area contributed by atoms with Gasteiger partial charge in [0.25, 0.3) is 5.91 Å². The van der Waals surface area contributed by atoms with Gasteiger partial charge in [0.2, 0.25) is 0 Å². The van der Waals surface area contributed by atoms with E-state index in [1.807, 2.05) is 31.2 Å². The van der Waals surface area contributed by atoms with Gasteiger partial charge in [-0.05, 0) is 36.8 Å². The van der Waals surface area contributed by atoms with E-state index in [1.54, 1.807) is 25.4 Å². The zero-order valence-electron chi connectivity index (χ0n) is 11.0. The van der Waals surface area contributed by atoms with Crippen molar-refractivity contribution < 1.29 is 9.53 Å². The van der Waals surface area contributed by atoms with Crippen molar-refractivity contribution in [2.75, 3.05) is 7.11 Å². The minimum absolute atomic E-state index is 0.0960. The molecule has 19 heavy (non-hydrogen) atoms.